The third-order valence-corrected chi connectivity index (χ3v) is 9.25. The van der Waals surface area contributed by atoms with Gasteiger partial charge in [-0.2, -0.15) is 0 Å². The number of amidine groups is 2. The Balaban J connectivity index is 0.976. The summed E-state index contributed by atoms with van der Waals surface area (Å²) in [7, 11) is 0. The van der Waals surface area contributed by atoms with Crippen molar-refractivity contribution in [1.29, 1.82) is 0 Å². The first-order valence-corrected chi connectivity index (χ1v) is 14.7. The van der Waals surface area contributed by atoms with Crippen molar-refractivity contribution in [2.24, 2.45) is 33.7 Å². The summed E-state index contributed by atoms with van der Waals surface area (Å²) in [6.45, 7) is 6.12. The third kappa shape index (κ3) is 6.23. The van der Waals surface area contributed by atoms with E-state index in [2.05, 4.69) is 45.1 Å². The van der Waals surface area contributed by atoms with Crippen molar-refractivity contribution in [3.05, 3.63) is 0 Å². The molecular formula is C28H46N6O2. The van der Waals surface area contributed by atoms with Crippen LogP contribution in [0.15, 0.2) is 9.98 Å². The summed E-state index contributed by atoms with van der Waals surface area (Å²) in [4.78, 5) is 35.2. The van der Waals surface area contributed by atoms with Gasteiger partial charge in [-0.3, -0.25) is 19.6 Å². The van der Waals surface area contributed by atoms with Gasteiger partial charge in [0.25, 0.3) is 0 Å². The largest absolute Gasteiger partial charge is 0.369 e. The van der Waals surface area contributed by atoms with Crippen LogP contribution in [0.25, 0.3) is 0 Å². The normalized spacial score (nSPS) is 38.8. The average Bonchev–Trinajstić information content (AvgIpc) is 3.53. The summed E-state index contributed by atoms with van der Waals surface area (Å²) in [5, 5.41) is 13.7. The second-order valence-electron chi connectivity index (χ2n) is 12.2. The van der Waals surface area contributed by atoms with Crippen LogP contribution in [0.4, 0.5) is 0 Å². The lowest BCUT2D eigenvalue weighted by atomic mass is 9.80. The number of aliphatic imine (C=N–C) groups is 2. The molecule has 0 radical (unpaired) electrons. The molecule has 0 aromatic heterocycles. The highest BCUT2D eigenvalue weighted by molar-refractivity contribution is 5.87. The van der Waals surface area contributed by atoms with Gasteiger partial charge in [-0.15, -0.1) is 0 Å². The van der Waals surface area contributed by atoms with Crippen molar-refractivity contribution in [1.82, 2.24) is 21.3 Å². The first kappa shape index (κ1) is 25.5. The SMILES string of the molecule is CC1CN=C(C2CCC(NC(=O)C3CCC(NC(=O)C4CCC(C5=NCC(C)N5)CC4)CC3)CC2)N1. The van der Waals surface area contributed by atoms with Crippen LogP contribution in [0.2, 0.25) is 0 Å². The lowest BCUT2D eigenvalue weighted by Crippen LogP contribution is -2.46. The summed E-state index contributed by atoms with van der Waals surface area (Å²) >= 11 is 0. The molecule has 2 unspecified atom stereocenters. The van der Waals surface area contributed by atoms with E-state index in [-0.39, 0.29) is 29.7 Å². The molecule has 200 valence electrons. The van der Waals surface area contributed by atoms with E-state index in [0.717, 1.165) is 90.1 Å². The van der Waals surface area contributed by atoms with E-state index in [0.29, 0.717) is 30.0 Å². The van der Waals surface area contributed by atoms with Gasteiger partial charge in [-0.05, 0) is 90.9 Å². The van der Waals surface area contributed by atoms with E-state index in [1.54, 1.807) is 0 Å². The number of rotatable bonds is 6. The molecule has 5 rings (SSSR count). The second-order valence-corrected chi connectivity index (χ2v) is 12.2. The molecule has 5 aliphatic rings. The zero-order valence-corrected chi connectivity index (χ0v) is 22.2. The highest BCUT2D eigenvalue weighted by atomic mass is 16.2. The van der Waals surface area contributed by atoms with Crippen LogP contribution in [-0.4, -0.2) is 60.7 Å². The first-order chi connectivity index (χ1) is 17.4. The van der Waals surface area contributed by atoms with Gasteiger partial charge in [0.15, 0.2) is 0 Å². The maximum Gasteiger partial charge on any atom is 0.223 e. The lowest BCUT2D eigenvalue weighted by molar-refractivity contribution is -0.128. The Labute approximate surface area is 216 Å². The number of nitrogens with zero attached hydrogens (tertiary/aromatic N) is 2. The minimum Gasteiger partial charge on any atom is -0.369 e. The van der Waals surface area contributed by atoms with E-state index in [4.69, 9.17) is 0 Å². The molecule has 3 aliphatic carbocycles. The molecular weight excluding hydrogens is 452 g/mol. The van der Waals surface area contributed by atoms with Gasteiger partial charge in [0.1, 0.15) is 0 Å². The molecule has 3 fully saturated rings. The molecule has 3 saturated carbocycles. The number of carbonyl (C=O) groups excluding carboxylic acids is 2. The summed E-state index contributed by atoms with van der Waals surface area (Å²) < 4.78 is 0. The van der Waals surface area contributed by atoms with E-state index < -0.39 is 0 Å². The quantitative estimate of drug-likeness (QED) is 0.452. The Morgan fingerprint density at radius 2 is 0.972 bits per heavy atom. The van der Waals surface area contributed by atoms with Gasteiger partial charge in [0.2, 0.25) is 11.8 Å². The Kier molecular flexibility index (Phi) is 8.16. The Morgan fingerprint density at radius 1 is 0.611 bits per heavy atom. The molecule has 2 amide bonds. The molecule has 0 spiro atoms. The van der Waals surface area contributed by atoms with Crippen LogP contribution in [0, 0.1) is 23.7 Å². The van der Waals surface area contributed by atoms with Gasteiger partial charge in [-0.25, -0.2) is 0 Å². The van der Waals surface area contributed by atoms with Crippen LogP contribution < -0.4 is 21.3 Å². The van der Waals surface area contributed by atoms with Gasteiger partial charge >= 0.3 is 0 Å². The Hall–Kier alpha value is -2.12. The van der Waals surface area contributed by atoms with E-state index >= 15 is 0 Å². The van der Waals surface area contributed by atoms with Crippen molar-refractivity contribution < 1.29 is 9.59 Å². The second kappa shape index (κ2) is 11.5. The number of hydrogen-bond donors (Lipinski definition) is 4. The minimum atomic E-state index is 0.0927. The van der Waals surface area contributed by atoms with Crippen molar-refractivity contribution in [2.45, 2.75) is 115 Å². The molecule has 8 heteroatoms. The van der Waals surface area contributed by atoms with Crippen molar-refractivity contribution in [2.75, 3.05) is 13.1 Å². The smallest absolute Gasteiger partial charge is 0.223 e. The monoisotopic (exact) mass is 498 g/mol. The molecule has 0 bridgehead atoms. The Bertz CT molecular complexity index is 848. The van der Waals surface area contributed by atoms with E-state index in [1.165, 1.54) is 11.7 Å². The highest BCUT2D eigenvalue weighted by Gasteiger charge is 2.34. The first-order valence-electron chi connectivity index (χ1n) is 14.7. The molecule has 0 aromatic carbocycles. The summed E-state index contributed by atoms with van der Waals surface area (Å²) in [5.41, 5.74) is 0. The fraction of sp³-hybridized carbons (Fsp3) is 0.857. The molecule has 2 atom stereocenters. The maximum atomic E-state index is 12.9. The average molecular weight is 499 g/mol. The van der Waals surface area contributed by atoms with Crippen LogP contribution in [-0.2, 0) is 9.59 Å². The standard InChI is InChI=1S/C28H46N6O2/c1-17-15-29-25(31-17)19-3-5-21(6-4-19)27(35)34-24-13-9-22(10-14-24)28(36)33-23-11-7-20(8-12-23)26-30-16-18(2)32-26/h17-24H,3-16H2,1-2H3,(H,29,31)(H,30,32)(H,33,36)(H,34,35). The van der Waals surface area contributed by atoms with Gasteiger partial charge in [0.05, 0.1) is 24.8 Å². The maximum absolute atomic E-state index is 12.9. The van der Waals surface area contributed by atoms with Crippen molar-refractivity contribution in [3.8, 4) is 0 Å². The number of hydrogen-bond acceptors (Lipinski definition) is 6. The van der Waals surface area contributed by atoms with Crippen LogP contribution >= 0.6 is 0 Å². The molecule has 2 heterocycles. The summed E-state index contributed by atoms with van der Waals surface area (Å²) in [5.74, 6) is 4.07. The molecule has 2 aliphatic heterocycles. The molecule has 36 heavy (non-hydrogen) atoms. The molecule has 4 N–H and O–H groups in total. The molecule has 0 saturated heterocycles. The van der Waals surface area contributed by atoms with Gasteiger partial charge < -0.3 is 21.3 Å². The number of amides is 2. The number of carbonyl (C=O) groups is 2. The molecule has 8 nitrogen and oxygen atoms in total. The molecule has 0 aromatic rings. The van der Waals surface area contributed by atoms with Gasteiger partial charge in [0, 0.05) is 47.8 Å². The predicted octanol–water partition coefficient (Wildman–Crippen LogP) is 2.92. The van der Waals surface area contributed by atoms with Crippen LogP contribution in [0.5, 0.6) is 0 Å². The van der Waals surface area contributed by atoms with Crippen LogP contribution in [0.1, 0.15) is 90.9 Å². The zero-order valence-electron chi connectivity index (χ0n) is 22.2. The summed E-state index contributed by atoms with van der Waals surface area (Å²) in [6.07, 6.45) is 11.9. The van der Waals surface area contributed by atoms with Crippen molar-refractivity contribution in [3.63, 3.8) is 0 Å². The van der Waals surface area contributed by atoms with E-state index in [1.807, 2.05) is 0 Å². The fourth-order valence-corrected chi connectivity index (χ4v) is 6.93. The Morgan fingerprint density at radius 3 is 1.36 bits per heavy atom. The van der Waals surface area contributed by atoms with Gasteiger partial charge in [-0.1, -0.05) is 0 Å². The summed E-state index contributed by atoms with van der Waals surface area (Å²) in [6, 6.07) is 1.44. The lowest BCUT2D eigenvalue weighted by Gasteiger charge is -2.33. The van der Waals surface area contributed by atoms with Crippen molar-refractivity contribution >= 4 is 23.5 Å². The zero-order chi connectivity index (χ0) is 25.1. The topological polar surface area (TPSA) is 107 Å². The minimum absolute atomic E-state index is 0.0927. The third-order valence-electron chi connectivity index (χ3n) is 9.25. The van der Waals surface area contributed by atoms with E-state index in [9.17, 15) is 9.59 Å². The fourth-order valence-electron chi connectivity index (χ4n) is 6.93. The van der Waals surface area contributed by atoms with Crippen LogP contribution in [0.3, 0.4) is 0 Å². The highest BCUT2D eigenvalue weighted by Crippen LogP contribution is 2.32. The predicted molar refractivity (Wildman–Crippen MR) is 143 cm³/mol. The number of nitrogens with one attached hydrogen (secondary N) is 4.